The fraction of sp³-hybridized carbons (Fsp3) is 0.385. The van der Waals surface area contributed by atoms with Crippen LogP contribution in [0.5, 0.6) is 5.75 Å². The van der Waals surface area contributed by atoms with Crippen LogP contribution in [0.15, 0.2) is 24.3 Å². The standard InChI is InChI=1S/C13H16N4O3/c1-20-11-7-5-10(6-8-11)13-14-15-16-17(13)9-3-2-4-12(18)19/h5-8H,2-4,9H2,1H3,(H,18,19). The van der Waals surface area contributed by atoms with Crippen LogP contribution in [-0.2, 0) is 11.3 Å². The third-order valence-corrected chi connectivity index (χ3v) is 2.89. The monoisotopic (exact) mass is 276 g/mol. The summed E-state index contributed by atoms with van der Waals surface area (Å²) >= 11 is 0. The van der Waals surface area contributed by atoms with E-state index in [1.54, 1.807) is 11.8 Å². The maximum atomic E-state index is 10.5. The second kappa shape index (κ2) is 6.65. The van der Waals surface area contributed by atoms with Crippen LogP contribution in [0.25, 0.3) is 11.4 Å². The molecule has 1 N–H and O–H groups in total. The van der Waals surface area contributed by atoms with Gasteiger partial charge in [0.05, 0.1) is 7.11 Å². The normalized spacial score (nSPS) is 10.4. The Labute approximate surface area is 116 Å². The zero-order chi connectivity index (χ0) is 14.4. The van der Waals surface area contributed by atoms with Gasteiger partial charge in [0.25, 0.3) is 0 Å². The number of carboxylic acid groups (broad SMARTS) is 1. The van der Waals surface area contributed by atoms with Crippen LogP contribution in [0.2, 0.25) is 0 Å². The SMILES string of the molecule is COc1ccc(-c2nnnn2CCCCC(=O)O)cc1. The lowest BCUT2D eigenvalue weighted by Crippen LogP contribution is -2.04. The van der Waals surface area contributed by atoms with Crippen LogP contribution in [0.3, 0.4) is 0 Å². The number of aromatic nitrogens is 4. The van der Waals surface area contributed by atoms with Crippen LogP contribution in [-0.4, -0.2) is 38.4 Å². The first kappa shape index (κ1) is 14.0. The molecule has 0 unspecified atom stereocenters. The van der Waals surface area contributed by atoms with Gasteiger partial charge in [-0.25, -0.2) is 4.68 Å². The highest BCUT2D eigenvalue weighted by molar-refractivity contribution is 5.66. The van der Waals surface area contributed by atoms with E-state index in [0.717, 1.165) is 17.7 Å². The molecule has 1 aromatic heterocycles. The number of hydrogen-bond acceptors (Lipinski definition) is 5. The van der Waals surface area contributed by atoms with Gasteiger partial charge in [-0.05, 0) is 47.5 Å². The van der Waals surface area contributed by atoms with Gasteiger partial charge >= 0.3 is 5.97 Å². The van der Waals surface area contributed by atoms with Crippen LogP contribution < -0.4 is 4.74 Å². The number of tetrazole rings is 1. The summed E-state index contributed by atoms with van der Waals surface area (Å²) in [5, 5.41) is 20.2. The summed E-state index contributed by atoms with van der Waals surface area (Å²) in [7, 11) is 1.61. The van der Waals surface area contributed by atoms with E-state index in [9.17, 15) is 4.79 Å². The van der Waals surface area contributed by atoms with E-state index in [1.807, 2.05) is 24.3 Å². The number of methoxy groups -OCH3 is 1. The molecule has 0 fully saturated rings. The van der Waals surface area contributed by atoms with Crippen molar-refractivity contribution in [3.63, 3.8) is 0 Å². The van der Waals surface area contributed by atoms with E-state index in [2.05, 4.69) is 15.5 Å². The van der Waals surface area contributed by atoms with Crippen LogP contribution in [0.4, 0.5) is 0 Å². The Morgan fingerprint density at radius 1 is 1.30 bits per heavy atom. The molecule has 0 atom stereocenters. The van der Waals surface area contributed by atoms with Gasteiger partial charge in [0.15, 0.2) is 5.82 Å². The van der Waals surface area contributed by atoms with Crippen molar-refractivity contribution in [1.82, 2.24) is 20.2 Å². The number of carbonyl (C=O) groups is 1. The Balaban J connectivity index is 2.01. The van der Waals surface area contributed by atoms with Crippen molar-refractivity contribution in [3.05, 3.63) is 24.3 Å². The van der Waals surface area contributed by atoms with Crippen molar-refractivity contribution >= 4 is 5.97 Å². The summed E-state index contributed by atoms with van der Waals surface area (Å²) in [6, 6.07) is 7.47. The predicted octanol–water partition coefficient (Wildman–Crippen LogP) is 1.60. The molecule has 2 aromatic rings. The molecule has 20 heavy (non-hydrogen) atoms. The number of hydrogen-bond donors (Lipinski definition) is 1. The van der Waals surface area contributed by atoms with Gasteiger partial charge in [-0.1, -0.05) is 0 Å². The topological polar surface area (TPSA) is 90.1 Å². The summed E-state index contributed by atoms with van der Waals surface area (Å²) in [5.41, 5.74) is 0.897. The molecule has 7 nitrogen and oxygen atoms in total. The highest BCUT2D eigenvalue weighted by atomic mass is 16.5. The summed E-state index contributed by atoms with van der Waals surface area (Å²) in [6.45, 7) is 0.599. The smallest absolute Gasteiger partial charge is 0.303 e. The molecule has 0 aliphatic carbocycles. The lowest BCUT2D eigenvalue weighted by molar-refractivity contribution is -0.137. The van der Waals surface area contributed by atoms with E-state index in [4.69, 9.17) is 9.84 Å². The predicted molar refractivity (Wildman–Crippen MR) is 71.3 cm³/mol. The van der Waals surface area contributed by atoms with E-state index in [-0.39, 0.29) is 6.42 Å². The number of aryl methyl sites for hydroxylation is 1. The van der Waals surface area contributed by atoms with Gasteiger partial charge in [-0.3, -0.25) is 4.79 Å². The maximum Gasteiger partial charge on any atom is 0.303 e. The van der Waals surface area contributed by atoms with Gasteiger partial charge in [0, 0.05) is 18.5 Å². The quantitative estimate of drug-likeness (QED) is 0.772. The molecule has 0 saturated carbocycles. The van der Waals surface area contributed by atoms with Crippen molar-refractivity contribution < 1.29 is 14.6 Å². The zero-order valence-corrected chi connectivity index (χ0v) is 11.2. The van der Waals surface area contributed by atoms with Gasteiger partial charge in [-0.15, -0.1) is 5.10 Å². The Hall–Kier alpha value is -2.44. The minimum atomic E-state index is -0.780. The number of rotatable bonds is 7. The minimum Gasteiger partial charge on any atom is -0.497 e. The molecule has 106 valence electrons. The Bertz CT molecular complexity index is 565. The van der Waals surface area contributed by atoms with Crippen LogP contribution in [0, 0.1) is 0 Å². The minimum absolute atomic E-state index is 0.167. The van der Waals surface area contributed by atoms with Gasteiger partial charge in [0.2, 0.25) is 0 Å². The average molecular weight is 276 g/mol. The number of ether oxygens (including phenoxy) is 1. The zero-order valence-electron chi connectivity index (χ0n) is 11.2. The molecule has 0 spiro atoms. The Morgan fingerprint density at radius 3 is 2.70 bits per heavy atom. The van der Waals surface area contributed by atoms with Crippen molar-refractivity contribution in [3.8, 4) is 17.1 Å². The molecule has 0 radical (unpaired) electrons. The molecule has 0 aliphatic heterocycles. The van der Waals surface area contributed by atoms with Crippen LogP contribution >= 0.6 is 0 Å². The summed E-state index contributed by atoms with van der Waals surface area (Å²) in [4.78, 5) is 10.5. The number of unbranched alkanes of at least 4 members (excludes halogenated alkanes) is 1. The first-order valence-corrected chi connectivity index (χ1v) is 6.33. The number of aliphatic carboxylic acids is 1. The van der Waals surface area contributed by atoms with Crippen molar-refractivity contribution in [2.45, 2.75) is 25.8 Å². The molecule has 0 saturated heterocycles. The lowest BCUT2D eigenvalue weighted by Gasteiger charge is -2.05. The number of carboxylic acids is 1. The second-order valence-electron chi connectivity index (χ2n) is 4.30. The maximum absolute atomic E-state index is 10.5. The molecule has 1 heterocycles. The first-order chi connectivity index (χ1) is 9.70. The van der Waals surface area contributed by atoms with Crippen molar-refractivity contribution in [2.75, 3.05) is 7.11 Å². The largest absolute Gasteiger partial charge is 0.497 e. The molecular weight excluding hydrogens is 260 g/mol. The average Bonchev–Trinajstić information content (AvgIpc) is 2.92. The molecule has 0 amide bonds. The lowest BCUT2D eigenvalue weighted by atomic mass is 10.2. The van der Waals surface area contributed by atoms with E-state index in [1.165, 1.54) is 0 Å². The third kappa shape index (κ3) is 3.53. The summed E-state index contributed by atoms with van der Waals surface area (Å²) in [5.74, 6) is 0.661. The van der Waals surface area contributed by atoms with Gasteiger partial charge in [-0.2, -0.15) is 0 Å². The van der Waals surface area contributed by atoms with E-state index >= 15 is 0 Å². The molecule has 0 aliphatic rings. The van der Waals surface area contributed by atoms with Gasteiger partial charge < -0.3 is 9.84 Å². The first-order valence-electron chi connectivity index (χ1n) is 6.33. The summed E-state index contributed by atoms with van der Waals surface area (Å²) < 4.78 is 6.79. The van der Waals surface area contributed by atoms with E-state index < -0.39 is 5.97 Å². The fourth-order valence-electron chi connectivity index (χ4n) is 1.84. The highest BCUT2D eigenvalue weighted by Crippen LogP contribution is 2.20. The number of benzene rings is 1. The Morgan fingerprint density at radius 2 is 2.05 bits per heavy atom. The molecule has 1 aromatic carbocycles. The van der Waals surface area contributed by atoms with E-state index in [0.29, 0.717) is 18.8 Å². The molecular formula is C13H16N4O3. The molecule has 0 bridgehead atoms. The van der Waals surface area contributed by atoms with Gasteiger partial charge in [0.1, 0.15) is 5.75 Å². The van der Waals surface area contributed by atoms with Crippen LogP contribution in [0.1, 0.15) is 19.3 Å². The molecule has 2 rings (SSSR count). The number of nitrogens with zero attached hydrogens (tertiary/aromatic N) is 4. The van der Waals surface area contributed by atoms with Crippen molar-refractivity contribution in [2.24, 2.45) is 0 Å². The Kier molecular flexibility index (Phi) is 4.65. The fourth-order valence-corrected chi connectivity index (χ4v) is 1.84. The second-order valence-corrected chi connectivity index (χ2v) is 4.30. The highest BCUT2D eigenvalue weighted by Gasteiger charge is 2.09. The van der Waals surface area contributed by atoms with Crippen molar-refractivity contribution in [1.29, 1.82) is 0 Å². The molecule has 7 heteroatoms. The third-order valence-electron chi connectivity index (χ3n) is 2.89. The summed E-state index contributed by atoms with van der Waals surface area (Å²) in [6.07, 6.45) is 1.50.